The number of halogens is 1. The Morgan fingerprint density at radius 2 is 2.40 bits per heavy atom. The third kappa shape index (κ3) is 2.46. The molecule has 15 heavy (non-hydrogen) atoms. The van der Waals surface area contributed by atoms with Crippen molar-refractivity contribution >= 4 is 21.7 Å². The first-order valence-corrected chi connectivity index (χ1v) is 5.95. The number of rotatable bonds is 2. The van der Waals surface area contributed by atoms with Gasteiger partial charge in [-0.3, -0.25) is 0 Å². The number of anilines is 1. The number of aryl methyl sites for hydroxylation is 1. The maximum Gasteiger partial charge on any atom is 0.133 e. The van der Waals surface area contributed by atoms with E-state index in [1.54, 1.807) is 0 Å². The molecule has 0 aromatic carbocycles. The first-order valence-electron chi connectivity index (χ1n) is 5.15. The molecule has 2 rings (SSSR count). The van der Waals surface area contributed by atoms with E-state index in [2.05, 4.69) is 30.8 Å². The average molecular weight is 272 g/mol. The van der Waals surface area contributed by atoms with Gasteiger partial charge in [0.05, 0.1) is 6.10 Å². The van der Waals surface area contributed by atoms with E-state index in [1.165, 1.54) is 0 Å². The van der Waals surface area contributed by atoms with Crippen molar-refractivity contribution in [1.82, 2.24) is 9.97 Å². The normalized spacial score (nSPS) is 21.0. The van der Waals surface area contributed by atoms with E-state index in [0.717, 1.165) is 35.6 Å². The zero-order valence-electron chi connectivity index (χ0n) is 8.65. The fraction of sp³-hybridized carbons (Fsp3) is 0.600. The SMILES string of the molecule is CCc1nc(Br)cc(N2CCC(O)C2)n1. The van der Waals surface area contributed by atoms with E-state index in [9.17, 15) is 5.11 Å². The smallest absolute Gasteiger partial charge is 0.133 e. The molecule has 1 saturated heterocycles. The zero-order chi connectivity index (χ0) is 10.8. The number of hydrogen-bond acceptors (Lipinski definition) is 4. The second-order valence-corrected chi connectivity index (χ2v) is 4.52. The van der Waals surface area contributed by atoms with Crippen LogP contribution in [0.15, 0.2) is 10.7 Å². The Bertz CT molecular complexity index is 359. The molecule has 82 valence electrons. The van der Waals surface area contributed by atoms with Gasteiger partial charge < -0.3 is 10.0 Å². The van der Waals surface area contributed by atoms with Crippen LogP contribution in [0.1, 0.15) is 19.2 Å². The lowest BCUT2D eigenvalue weighted by molar-refractivity contribution is 0.198. The molecule has 0 radical (unpaired) electrons. The summed E-state index contributed by atoms with van der Waals surface area (Å²) in [7, 11) is 0. The summed E-state index contributed by atoms with van der Waals surface area (Å²) in [6.45, 7) is 3.57. The average Bonchev–Trinajstić information content (AvgIpc) is 2.64. The summed E-state index contributed by atoms with van der Waals surface area (Å²) in [5, 5.41) is 9.46. The van der Waals surface area contributed by atoms with Gasteiger partial charge in [-0.25, -0.2) is 9.97 Å². The van der Waals surface area contributed by atoms with E-state index in [0.29, 0.717) is 6.54 Å². The van der Waals surface area contributed by atoms with Crippen molar-refractivity contribution in [2.45, 2.75) is 25.9 Å². The molecule has 4 nitrogen and oxygen atoms in total. The van der Waals surface area contributed by atoms with Crippen LogP contribution in [0.5, 0.6) is 0 Å². The zero-order valence-corrected chi connectivity index (χ0v) is 10.2. The number of β-amino-alcohol motifs (C(OH)–C–C–N with tert-alkyl or cyclic N) is 1. The molecule has 0 aliphatic carbocycles. The van der Waals surface area contributed by atoms with Crippen molar-refractivity contribution in [3.8, 4) is 0 Å². The van der Waals surface area contributed by atoms with Gasteiger partial charge in [0.25, 0.3) is 0 Å². The third-order valence-corrected chi connectivity index (χ3v) is 2.94. The van der Waals surface area contributed by atoms with E-state index in [1.807, 2.05) is 13.0 Å². The topological polar surface area (TPSA) is 49.2 Å². The molecule has 1 fully saturated rings. The Labute approximate surface area is 97.5 Å². The highest BCUT2D eigenvalue weighted by Crippen LogP contribution is 2.21. The standard InChI is InChI=1S/C10H14BrN3O/c1-2-9-12-8(11)5-10(13-9)14-4-3-7(15)6-14/h5,7,15H,2-4,6H2,1H3. The Balaban J connectivity index is 2.24. The number of aromatic nitrogens is 2. The molecule has 1 aromatic heterocycles. The van der Waals surface area contributed by atoms with Crippen LogP contribution in [0.4, 0.5) is 5.82 Å². The molecule has 1 unspecified atom stereocenters. The highest BCUT2D eigenvalue weighted by Gasteiger charge is 2.21. The molecule has 0 bridgehead atoms. The summed E-state index contributed by atoms with van der Waals surface area (Å²) in [6, 6.07) is 1.90. The van der Waals surface area contributed by atoms with Crippen LogP contribution in [-0.2, 0) is 6.42 Å². The number of hydrogen-bond donors (Lipinski definition) is 1. The van der Waals surface area contributed by atoms with Crippen LogP contribution >= 0.6 is 15.9 Å². The Morgan fingerprint density at radius 1 is 1.60 bits per heavy atom. The van der Waals surface area contributed by atoms with E-state index < -0.39 is 0 Å². The van der Waals surface area contributed by atoms with Crippen molar-refractivity contribution in [2.24, 2.45) is 0 Å². The number of aliphatic hydroxyl groups is 1. The van der Waals surface area contributed by atoms with Crippen LogP contribution in [0, 0.1) is 0 Å². The highest BCUT2D eigenvalue weighted by atomic mass is 79.9. The Kier molecular flexibility index (Phi) is 3.21. The van der Waals surface area contributed by atoms with Gasteiger partial charge in [0.2, 0.25) is 0 Å². The van der Waals surface area contributed by atoms with Crippen molar-refractivity contribution in [3.05, 3.63) is 16.5 Å². The van der Waals surface area contributed by atoms with Crippen LogP contribution in [0.3, 0.4) is 0 Å². The molecule has 1 aliphatic rings. The Morgan fingerprint density at radius 3 is 3.00 bits per heavy atom. The molecule has 1 aromatic rings. The number of aliphatic hydroxyl groups excluding tert-OH is 1. The second-order valence-electron chi connectivity index (χ2n) is 3.71. The molecule has 0 saturated carbocycles. The van der Waals surface area contributed by atoms with Crippen LogP contribution in [0.2, 0.25) is 0 Å². The second kappa shape index (κ2) is 4.45. The van der Waals surface area contributed by atoms with E-state index >= 15 is 0 Å². The van der Waals surface area contributed by atoms with Gasteiger partial charge in [0, 0.05) is 25.6 Å². The molecular formula is C10H14BrN3O. The van der Waals surface area contributed by atoms with Gasteiger partial charge in [0.15, 0.2) is 0 Å². The molecule has 1 atom stereocenters. The van der Waals surface area contributed by atoms with Gasteiger partial charge in [-0.05, 0) is 22.4 Å². The Hall–Kier alpha value is -0.680. The first kappa shape index (κ1) is 10.8. The maximum atomic E-state index is 9.46. The highest BCUT2D eigenvalue weighted by molar-refractivity contribution is 9.10. The van der Waals surface area contributed by atoms with Gasteiger partial charge in [-0.1, -0.05) is 6.92 Å². The van der Waals surface area contributed by atoms with Crippen molar-refractivity contribution in [1.29, 1.82) is 0 Å². The van der Waals surface area contributed by atoms with Gasteiger partial charge in [-0.2, -0.15) is 0 Å². The molecule has 1 aliphatic heterocycles. The summed E-state index contributed by atoms with van der Waals surface area (Å²) in [6.07, 6.45) is 1.43. The van der Waals surface area contributed by atoms with Crippen molar-refractivity contribution in [2.75, 3.05) is 18.0 Å². The molecule has 5 heteroatoms. The summed E-state index contributed by atoms with van der Waals surface area (Å²) in [5.74, 6) is 1.74. The minimum atomic E-state index is -0.219. The quantitative estimate of drug-likeness (QED) is 0.826. The molecule has 1 N–H and O–H groups in total. The summed E-state index contributed by atoms with van der Waals surface area (Å²) >= 11 is 3.38. The number of nitrogens with zero attached hydrogens (tertiary/aromatic N) is 3. The van der Waals surface area contributed by atoms with Gasteiger partial charge in [0.1, 0.15) is 16.2 Å². The van der Waals surface area contributed by atoms with Gasteiger partial charge in [-0.15, -0.1) is 0 Å². The predicted molar refractivity (Wildman–Crippen MR) is 61.9 cm³/mol. The van der Waals surface area contributed by atoms with Crippen molar-refractivity contribution in [3.63, 3.8) is 0 Å². The monoisotopic (exact) mass is 271 g/mol. The lowest BCUT2D eigenvalue weighted by atomic mass is 10.3. The van der Waals surface area contributed by atoms with Crippen LogP contribution in [0.25, 0.3) is 0 Å². The lowest BCUT2D eigenvalue weighted by Crippen LogP contribution is -2.22. The molecule has 0 amide bonds. The van der Waals surface area contributed by atoms with E-state index in [-0.39, 0.29) is 6.10 Å². The maximum absolute atomic E-state index is 9.46. The first-order chi connectivity index (χ1) is 7.19. The molecular weight excluding hydrogens is 258 g/mol. The summed E-state index contributed by atoms with van der Waals surface area (Å²) < 4.78 is 0.811. The minimum absolute atomic E-state index is 0.219. The third-order valence-electron chi connectivity index (χ3n) is 2.53. The minimum Gasteiger partial charge on any atom is -0.391 e. The summed E-state index contributed by atoms with van der Waals surface area (Å²) in [4.78, 5) is 10.8. The van der Waals surface area contributed by atoms with Crippen molar-refractivity contribution < 1.29 is 5.11 Å². The van der Waals surface area contributed by atoms with Gasteiger partial charge >= 0.3 is 0 Å². The largest absolute Gasteiger partial charge is 0.391 e. The van der Waals surface area contributed by atoms with Crippen LogP contribution in [-0.4, -0.2) is 34.3 Å². The molecule has 2 heterocycles. The van der Waals surface area contributed by atoms with Crippen LogP contribution < -0.4 is 4.90 Å². The van der Waals surface area contributed by atoms with E-state index in [4.69, 9.17) is 0 Å². The summed E-state index contributed by atoms with van der Waals surface area (Å²) in [5.41, 5.74) is 0. The lowest BCUT2D eigenvalue weighted by Gasteiger charge is -2.17. The predicted octanol–water partition coefficient (Wildman–Crippen LogP) is 1.37. The fourth-order valence-electron chi connectivity index (χ4n) is 1.72. The molecule has 0 spiro atoms. The fourth-order valence-corrected chi connectivity index (χ4v) is 2.13.